The van der Waals surface area contributed by atoms with Gasteiger partial charge in [0.15, 0.2) is 0 Å². The molecule has 0 radical (unpaired) electrons. The lowest BCUT2D eigenvalue weighted by Crippen LogP contribution is -2.49. The van der Waals surface area contributed by atoms with E-state index in [0.717, 1.165) is 12.8 Å². The molecule has 0 aromatic rings. The van der Waals surface area contributed by atoms with E-state index in [1.54, 1.807) is 0 Å². The molecule has 0 bridgehead atoms. The van der Waals surface area contributed by atoms with Crippen LogP contribution in [0.15, 0.2) is 0 Å². The van der Waals surface area contributed by atoms with E-state index in [4.69, 9.17) is 10.8 Å². The standard InChI is InChI=1S/C7H13NO2/c1-5-3-2-4-7(5,8)6(9)10/h5H,2-4,8H2,1H3,(H,9,10)/t5-,7-/m0/s1. The summed E-state index contributed by atoms with van der Waals surface area (Å²) in [6.07, 6.45) is 2.52. The molecule has 0 aliphatic heterocycles. The number of aliphatic carboxylic acids is 1. The van der Waals surface area contributed by atoms with Crippen molar-refractivity contribution in [3.05, 3.63) is 0 Å². The smallest absolute Gasteiger partial charge is 0.323 e. The van der Waals surface area contributed by atoms with E-state index >= 15 is 0 Å². The normalized spacial score (nSPS) is 40.0. The highest BCUT2D eigenvalue weighted by Crippen LogP contribution is 2.33. The number of nitrogens with two attached hydrogens (primary N) is 1. The first-order valence-corrected chi connectivity index (χ1v) is 3.59. The minimum Gasteiger partial charge on any atom is -0.480 e. The Labute approximate surface area is 60.2 Å². The molecule has 2 atom stereocenters. The summed E-state index contributed by atoms with van der Waals surface area (Å²) in [5.41, 5.74) is 4.72. The van der Waals surface area contributed by atoms with Gasteiger partial charge in [0.2, 0.25) is 0 Å². The van der Waals surface area contributed by atoms with E-state index in [9.17, 15) is 4.79 Å². The van der Waals surface area contributed by atoms with Crippen LogP contribution in [-0.4, -0.2) is 16.6 Å². The molecule has 0 aromatic carbocycles. The predicted octanol–water partition coefficient (Wildman–Crippen LogP) is 0.588. The molecule has 1 saturated carbocycles. The molecule has 1 aliphatic rings. The molecule has 3 nitrogen and oxygen atoms in total. The SMILES string of the molecule is C[C@H]1CCC[C@@]1(N)C(=O)O. The Balaban J connectivity index is 2.75. The van der Waals surface area contributed by atoms with Crippen LogP contribution in [0, 0.1) is 5.92 Å². The monoisotopic (exact) mass is 143 g/mol. The van der Waals surface area contributed by atoms with Gasteiger partial charge in [0.25, 0.3) is 0 Å². The highest BCUT2D eigenvalue weighted by Gasteiger charge is 2.43. The van der Waals surface area contributed by atoms with Gasteiger partial charge in [0, 0.05) is 0 Å². The Kier molecular flexibility index (Phi) is 1.68. The molecule has 58 valence electrons. The molecule has 0 heterocycles. The maximum absolute atomic E-state index is 10.6. The summed E-state index contributed by atoms with van der Waals surface area (Å²) in [6.45, 7) is 1.90. The molecule has 0 spiro atoms. The third-order valence-corrected chi connectivity index (χ3v) is 2.51. The van der Waals surface area contributed by atoms with Crippen LogP contribution < -0.4 is 5.73 Å². The minimum atomic E-state index is -0.931. The maximum atomic E-state index is 10.6. The highest BCUT2D eigenvalue weighted by molar-refractivity contribution is 5.79. The molecule has 1 rings (SSSR count). The zero-order valence-electron chi connectivity index (χ0n) is 6.13. The Morgan fingerprint density at radius 1 is 1.80 bits per heavy atom. The predicted molar refractivity (Wildman–Crippen MR) is 37.6 cm³/mol. The van der Waals surface area contributed by atoms with Gasteiger partial charge in [0.05, 0.1) is 0 Å². The fourth-order valence-electron chi connectivity index (χ4n) is 1.52. The number of hydrogen-bond acceptors (Lipinski definition) is 2. The van der Waals surface area contributed by atoms with Gasteiger partial charge in [-0.2, -0.15) is 0 Å². The van der Waals surface area contributed by atoms with Crippen LogP contribution in [0.4, 0.5) is 0 Å². The Hall–Kier alpha value is -0.570. The van der Waals surface area contributed by atoms with Gasteiger partial charge in [-0.05, 0) is 18.8 Å². The van der Waals surface area contributed by atoms with Crippen molar-refractivity contribution >= 4 is 5.97 Å². The average molecular weight is 143 g/mol. The zero-order chi connectivity index (χ0) is 7.78. The lowest BCUT2D eigenvalue weighted by molar-refractivity contribution is -0.144. The van der Waals surface area contributed by atoms with Gasteiger partial charge in [-0.1, -0.05) is 13.3 Å². The first-order chi connectivity index (χ1) is 4.57. The molecular formula is C7H13NO2. The van der Waals surface area contributed by atoms with E-state index < -0.39 is 11.5 Å². The largest absolute Gasteiger partial charge is 0.480 e. The van der Waals surface area contributed by atoms with Crippen LogP contribution in [0.1, 0.15) is 26.2 Å². The van der Waals surface area contributed by atoms with Crippen LogP contribution in [-0.2, 0) is 4.79 Å². The van der Waals surface area contributed by atoms with Gasteiger partial charge < -0.3 is 10.8 Å². The summed E-state index contributed by atoms with van der Waals surface area (Å²) in [6, 6.07) is 0. The zero-order valence-corrected chi connectivity index (χ0v) is 6.13. The summed E-state index contributed by atoms with van der Waals surface area (Å²) in [7, 11) is 0. The van der Waals surface area contributed by atoms with Gasteiger partial charge in [-0.3, -0.25) is 4.79 Å². The average Bonchev–Trinajstić information content (AvgIpc) is 2.15. The van der Waals surface area contributed by atoms with Gasteiger partial charge in [0.1, 0.15) is 5.54 Å². The fourth-order valence-corrected chi connectivity index (χ4v) is 1.52. The van der Waals surface area contributed by atoms with Crippen LogP contribution in [0.25, 0.3) is 0 Å². The minimum absolute atomic E-state index is 0.130. The number of rotatable bonds is 1. The van der Waals surface area contributed by atoms with Crippen LogP contribution >= 0.6 is 0 Å². The third-order valence-electron chi connectivity index (χ3n) is 2.51. The van der Waals surface area contributed by atoms with Crippen molar-refractivity contribution < 1.29 is 9.90 Å². The summed E-state index contributed by atoms with van der Waals surface area (Å²) >= 11 is 0. The van der Waals surface area contributed by atoms with Gasteiger partial charge in [-0.25, -0.2) is 0 Å². The molecule has 10 heavy (non-hydrogen) atoms. The summed E-state index contributed by atoms with van der Waals surface area (Å²) < 4.78 is 0. The van der Waals surface area contributed by atoms with Gasteiger partial charge >= 0.3 is 5.97 Å². The van der Waals surface area contributed by atoms with E-state index in [-0.39, 0.29) is 5.92 Å². The topological polar surface area (TPSA) is 63.3 Å². The van der Waals surface area contributed by atoms with E-state index in [1.165, 1.54) is 0 Å². The lowest BCUT2D eigenvalue weighted by atomic mass is 9.90. The van der Waals surface area contributed by atoms with Crippen LogP contribution in [0.2, 0.25) is 0 Å². The second-order valence-corrected chi connectivity index (χ2v) is 3.14. The van der Waals surface area contributed by atoms with Crippen molar-refractivity contribution in [1.82, 2.24) is 0 Å². The van der Waals surface area contributed by atoms with E-state index in [1.807, 2.05) is 6.92 Å². The van der Waals surface area contributed by atoms with Crippen molar-refractivity contribution in [2.75, 3.05) is 0 Å². The second-order valence-electron chi connectivity index (χ2n) is 3.14. The van der Waals surface area contributed by atoms with Gasteiger partial charge in [-0.15, -0.1) is 0 Å². The first kappa shape index (κ1) is 7.54. The number of carboxylic acid groups (broad SMARTS) is 1. The molecule has 0 aromatic heterocycles. The first-order valence-electron chi connectivity index (χ1n) is 3.59. The molecule has 0 unspecified atom stereocenters. The van der Waals surface area contributed by atoms with Crippen molar-refractivity contribution in [3.8, 4) is 0 Å². The van der Waals surface area contributed by atoms with E-state index in [2.05, 4.69) is 0 Å². The molecular weight excluding hydrogens is 130 g/mol. The molecule has 3 heteroatoms. The molecule has 1 fully saturated rings. The number of carboxylic acids is 1. The summed E-state index contributed by atoms with van der Waals surface area (Å²) in [4.78, 5) is 10.6. The lowest BCUT2D eigenvalue weighted by Gasteiger charge is -2.22. The van der Waals surface area contributed by atoms with Crippen molar-refractivity contribution in [3.63, 3.8) is 0 Å². The Bertz CT molecular complexity index is 158. The van der Waals surface area contributed by atoms with Crippen molar-refractivity contribution in [1.29, 1.82) is 0 Å². The molecule has 1 aliphatic carbocycles. The Morgan fingerprint density at radius 2 is 2.40 bits per heavy atom. The second kappa shape index (κ2) is 2.23. The number of carbonyl (C=O) groups is 1. The highest BCUT2D eigenvalue weighted by atomic mass is 16.4. The van der Waals surface area contributed by atoms with Crippen LogP contribution in [0.3, 0.4) is 0 Å². The maximum Gasteiger partial charge on any atom is 0.323 e. The summed E-state index contributed by atoms with van der Waals surface area (Å²) in [5.74, 6) is -0.720. The van der Waals surface area contributed by atoms with E-state index in [0.29, 0.717) is 6.42 Å². The van der Waals surface area contributed by atoms with Crippen molar-refractivity contribution in [2.24, 2.45) is 11.7 Å². The molecule has 3 N–H and O–H groups in total. The third kappa shape index (κ3) is 0.904. The summed E-state index contributed by atoms with van der Waals surface area (Å²) in [5, 5.41) is 8.72. The van der Waals surface area contributed by atoms with Crippen molar-refractivity contribution in [2.45, 2.75) is 31.7 Å². The fraction of sp³-hybridized carbons (Fsp3) is 0.857. The number of hydrogen-bond donors (Lipinski definition) is 2. The Morgan fingerprint density at radius 3 is 2.60 bits per heavy atom. The van der Waals surface area contributed by atoms with Crippen LogP contribution in [0.5, 0.6) is 0 Å². The molecule has 0 amide bonds. The molecule has 0 saturated heterocycles. The quantitative estimate of drug-likeness (QED) is 0.564.